The minimum atomic E-state index is -1.32. The molecule has 0 heterocycles. The zero-order valence-corrected chi connectivity index (χ0v) is 11.4. The lowest BCUT2D eigenvalue weighted by atomic mass is 9.93. The molecule has 0 aliphatic carbocycles. The minimum Gasteiger partial charge on any atom is -0.479 e. The molecule has 0 fully saturated rings. The number of hydrogen-bond donors (Lipinski definition) is 1. The Morgan fingerprint density at radius 2 is 1.79 bits per heavy atom. The van der Waals surface area contributed by atoms with E-state index < -0.39 is 11.6 Å². The van der Waals surface area contributed by atoms with Gasteiger partial charge in [-0.25, -0.2) is 4.79 Å². The minimum absolute atomic E-state index is 0.160. The molecule has 0 aromatic heterocycles. The molecule has 0 bridgehead atoms. The predicted octanol–water partition coefficient (Wildman–Crippen LogP) is 3.56. The second-order valence-corrected chi connectivity index (χ2v) is 5.07. The van der Waals surface area contributed by atoms with Crippen LogP contribution in [0.15, 0.2) is 42.5 Å². The predicted molar refractivity (Wildman–Crippen MR) is 75.2 cm³/mol. The lowest BCUT2D eigenvalue weighted by Crippen LogP contribution is -2.37. The normalized spacial score (nSPS) is 14.5. The summed E-state index contributed by atoms with van der Waals surface area (Å²) in [5, 5.41) is 11.6. The van der Waals surface area contributed by atoms with E-state index in [4.69, 9.17) is 4.74 Å². The summed E-state index contributed by atoms with van der Waals surface area (Å²) in [7, 11) is 0. The van der Waals surface area contributed by atoms with E-state index in [-0.39, 0.29) is 6.10 Å². The van der Waals surface area contributed by atoms with E-state index in [1.807, 2.05) is 56.3 Å². The number of ether oxygens (including phenoxy) is 1. The number of benzene rings is 2. The molecular weight excluding hydrogens is 240 g/mol. The van der Waals surface area contributed by atoms with Gasteiger partial charge in [-0.15, -0.1) is 0 Å². The zero-order chi connectivity index (χ0) is 14.0. The molecule has 0 radical (unpaired) electrons. The van der Waals surface area contributed by atoms with Gasteiger partial charge in [-0.1, -0.05) is 36.4 Å². The van der Waals surface area contributed by atoms with Crippen LogP contribution in [-0.4, -0.2) is 17.2 Å². The number of fused-ring (bicyclic) bond motifs is 1. The fourth-order valence-electron chi connectivity index (χ4n) is 2.20. The van der Waals surface area contributed by atoms with Crippen molar-refractivity contribution in [3.8, 4) is 0 Å². The van der Waals surface area contributed by atoms with E-state index in [1.54, 1.807) is 6.92 Å². The Balaban J connectivity index is 2.53. The SMILES string of the molecule is CC(C)OC(C)(C(=O)O)c1ccc2ccccc2c1. The molecule has 0 spiro atoms. The first-order chi connectivity index (χ1) is 8.93. The highest BCUT2D eigenvalue weighted by molar-refractivity contribution is 5.86. The maximum atomic E-state index is 11.6. The van der Waals surface area contributed by atoms with E-state index >= 15 is 0 Å². The van der Waals surface area contributed by atoms with E-state index in [0.717, 1.165) is 10.8 Å². The van der Waals surface area contributed by atoms with Crippen molar-refractivity contribution < 1.29 is 14.6 Å². The fourth-order valence-corrected chi connectivity index (χ4v) is 2.20. The molecule has 0 aliphatic heterocycles. The Bertz CT molecular complexity index is 604. The van der Waals surface area contributed by atoms with Gasteiger partial charge in [-0.2, -0.15) is 0 Å². The van der Waals surface area contributed by atoms with Gasteiger partial charge in [-0.3, -0.25) is 0 Å². The van der Waals surface area contributed by atoms with Gasteiger partial charge in [0.15, 0.2) is 5.60 Å². The first-order valence-corrected chi connectivity index (χ1v) is 6.34. The number of carboxylic acid groups (broad SMARTS) is 1. The number of carbonyl (C=O) groups is 1. The van der Waals surface area contributed by atoms with Crippen molar-refractivity contribution in [3.63, 3.8) is 0 Å². The van der Waals surface area contributed by atoms with Gasteiger partial charge < -0.3 is 9.84 Å². The average Bonchev–Trinajstić information content (AvgIpc) is 2.37. The molecule has 19 heavy (non-hydrogen) atoms. The largest absolute Gasteiger partial charge is 0.479 e. The molecule has 0 saturated carbocycles. The van der Waals surface area contributed by atoms with Crippen LogP contribution in [-0.2, 0) is 15.1 Å². The van der Waals surface area contributed by atoms with Crippen LogP contribution in [0.5, 0.6) is 0 Å². The van der Waals surface area contributed by atoms with Crippen molar-refractivity contribution in [2.24, 2.45) is 0 Å². The van der Waals surface area contributed by atoms with Crippen molar-refractivity contribution in [2.75, 3.05) is 0 Å². The van der Waals surface area contributed by atoms with Crippen LogP contribution in [0.3, 0.4) is 0 Å². The molecule has 2 rings (SSSR count). The summed E-state index contributed by atoms with van der Waals surface area (Å²) in [5.74, 6) is -0.975. The highest BCUT2D eigenvalue weighted by Gasteiger charge is 2.37. The highest BCUT2D eigenvalue weighted by atomic mass is 16.5. The van der Waals surface area contributed by atoms with Gasteiger partial charge in [0.2, 0.25) is 0 Å². The van der Waals surface area contributed by atoms with Crippen molar-refractivity contribution in [3.05, 3.63) is 48.0 Å². The van der Waals surface area contributed by atoms with E-state index in [0.29, 0.717) is 5.56 Å². The smallest absolute Gasteiger partial charge is 0.340 e. The van der Waals surface area contributed by atoms with E-state index in [2.05, 4.69) is 0 Å². The molecule has 3 nitrogen and oxygen atoms in total. The van der Waals surface area contributed by atoms with Crippen LogP contribution in [0.1, 0.15) is 26.3 Å². The fraction of sp³-hybridized carbons (Fsp3) is 0.312. The Hall–Kier alpha value is -1.87. The Morgan fingerprint density at radius 3 is 2.37 bits per heavy atom. The molecule has 1 N–H and O–H groups in total. The molecule has 3 heteroatoms. The Labute approximate surface area is 112 Å². The maximum absolute atomic E-state index is 11.6. The second kappa shape index (κ2) is 5.02. The van der Waals surface area contributed by atoms with Gasteiger partial charge >= 0.3 is 5.97 Å². The number of aliphatic carboxylic acids is 1. The molecule has 0 aliphatic rings. The van der Waals surface area contributed by atoms with Crippen LogP contribution in [0.4, 0.5) is 0 Å². The topological polar surface area (TPSA) is 46.5 Å². The van der Waals surface area contributed by atoms with Crippen LogP contribution < -0.4 is 0 Å². The third kappa shape index (κ3) is 2.61. The standard InChI is InChI=1S/C16H18O3/c1-11(2)19-16(3,15(17)18)14-9-8-12-6-4-5-7-13(12)10-14/h4-11H,1-3H3,(H,17,18). The first-order valence-electron chi connectivity index (χ1n) is 6.34. The van der Waals surface area contributed by atoms with Crippen molar-refractivity contribution in [2.45, 2.75) is 32.5 Å². The van der Waals surface area contributed by atoms with E-state index in [9.17, 15) is 9.90 Å². The first kappa shape index (κ1) is 13.6. The van der Waals surface area contributed by atoms with Crippen LogP contribution in [0.2, 0.25) is 0 Å². The molecule has 1 unspecified atom stereocenters. The quantitative estimate of drug-likeness (QED) is 0.912. The van der Waals surface area contributed by atoms with Gasteiger partial charge in [0.25, 0.3) is 0 Å². The summed E-state index contributed by atoms with van der Waals surface area (Å²) >= 11 is 0. The summed E-state index contributed by atoms with van der Waals surface area (Å²) < 4.78 is 5.63. The lowest BCUT2D eigenvalue weighted by molar-refractivity contribution is -0.170. The molecule has 100 valence electrons. The molecular formula is C16H18O3. The van der Waals surface area contributed by atoms with Gasteiger partial charge in [0.1, 0.15) is 0 Å². The van der Waals surface area contributed by atoms with Crippen LogP contribution in [0, 0.1) is 0 Å². The number of hydrogen-bond acceptors (Lipinski definition) is 2. The van der Waals surface area contributed by atoms with Crippen LogP contribution in [0.25, 0.3) is 10.8 Å². The molecule has 2 aromatic carbocycles. The average molecular weight is 258 g/mol. The Kier molecular flexibility index (Phi) is 3.58. The van der Waals surface area contributed by atoms with Gasteiger partial charge in [0, 0.05) is 0 Å². The zero-order valence-electron chi connectivity index (χ0n) is 11.4. The van der Waals surface area contributed by atoms with Crippen molar-refractivity contribution in [1.29, 1.82) is 0 Å². The summed E-state index contributed by atoms with van der Waals surface area (Å²) in [4.78, 5) is 11.6. The summed E-state index contributed by atoms with van der Waals surface area (Å²) in [5.41, 5.74) is -0.662. The van der Waals surface area contributed by atoms with Crippen LogP contribution >= 0.6 is 0 Å². The summed E-state index contributed by atoms with van der Waals surface area (Å²) in [6.07, 6.45) is -0.160. The van der Waals surface area contributed by atoms with E-state index in [1.165, 1.54) is 0 Å². The highest BCUT2D eigenvalue weighted by Crippen LogP contribution is 2.30. The number of carboxylic acids is 1. The maximum Gasteiger partial charge on any atom is 0.340 e. The van der Waals surface area contributed by atoms with Gasteiger partial charge in [0.05, 0.1) is 6.10 Å². The summed E-state index contributed by atoms with van der Waals surface area (Å²) in [6.45, 7) is 5.27. The summed E-state index contributed by atoms with van der Waals surface area (Å²) in [6, 6.07) is 13.5. The monoisotopic (exact) mass is 258 g/mol. The molecule has 0 saturated heterocycles. The third-order valence-corrected chi connectivity index (χ3v) is 3.18. The molecule has 1 atom stereocenters. The lowest BCUT2D eigenvalue weighted by Gasteiger charge is -2.28. The van der Waals surface area contributed by atoms with Gasteiger partial charge in [-0.05, 0) is 43.2 Å². The molecule has 0 amide bonds. The number of rotatable bonds is 4. The second-order valence-electron chi connectivity index (χ2n) is 5.07. The third-order valence-electron chi connectivity index (χ3n) is 3.18. The Morgan fingerprint density at radius 1 is 1.16 bits per heavy atom. The van der Waals surface area contributed by atoms with Crippen molar-refractivity contribution >= 4 is 16.7 Å². The van der Waals surface area contributed by atoms with Crippen molar-refractivity contribution in [1.82, 2.24) is 0 Å². The molecule has 2 aromatic rings.